The molecule has 6 nitrogen and oxygen atoms in total. The van der Waals surface area contributed by atoms with Gasteiger partial charge in [-0.1, -0.05) is 37.0 Å². The summed E-state index contributed by atoms with van der Waals surface area (Å²) in [5.74, 6) is 1.82. The Bertz CT molecular complexity index is 929. The molecule has 0 aliphatic heterocycles. The normalized spacial score (nSPS) is 35.2. The topological polar surface area (TPSA) is 121 Å². The van der Waals surface area contributed by atoms with Gasteiger partial charge in [0.05, 0.1) is 5.97 Å². The molecule has 6 atom stereocenters. The number of aliphatic carboxylic acids is 2. The number of aryl methyl sites for hydroxylation is 1. The van der Waals surface area contributed by atoms with Crippen LogP contribution in [0.15, 0.2) is 18.2 Å². The summed E-state index contributed by atoms with van der Waals surface area (Å²) in [5, 5.41) is 43.1. The van der Waals surface area contributed by atoms with Crippen LogP contribution in [0.25, 0.3) is 0 Å². The number of carboxylic acid groups (broad SMARTS) is 2. The summed E-state index contributed by atoms with van der Waals surface area (Å²) < 4.78 is 0. The minimum Gasteiger partial charge on any atom is -0.872 e. The number of hydrogen-bond donors (Lipinski definition) is 2. The molecule has 1 aromatic carbocycles. The fourth-order valence-electron chi connectivity index (χ4n) is 6.35. The molecular weight excluding hydrogens is 384 g/mol. The summed E-state index contributed by atoms with van der Waals surface area (Å²) in [4.78, 5) is 22.0. The lowest BCUT2D eigenvalue weighted by molar-refractivity contribution is -0.310. The molecule has 0 heterocycles. The zero-order valence-electron chi connectivity index (χ0n) is 17.0. The standard InChI is InChI=1S/C24H28O6/c1-23-11-8-17-16-7-5-15(25)13-14(16)4-6-18(17)20(23)9-12-24(23,30)10-2-3-19(21(26)27)22(28)29/h5,7,13,17-20,25,30H,3-4,6,8-9,11-12H2,1H3,(H,26,27)(H,28,29)/p-2/t17-,18-,20+,23+,24+/m1/s1. The average molecular weight is 410 g/mol. The Morgan fingerprint density at radius 3 is 2.73 bits per heavy atom. The summed E-state index contributed by atoms with van der Waals surface area (Å²) in [6.07, 6.45) is 4.50. The van der Waals surface area contributed by atoms with Crippen LogP contribution in [0.3, 0.4) is 0 Å². The molecule has 0 radical (unpaired) electrons. The number of fused-ring (bicyclic) bond motifs is 5. The third-order valence-corrected chi connectivity index (χ3v) is 8.03. The van der Waals surface area contributed by atoms with Crippen LogP contribution in [0.5, 0.6) is 5.75 Å². The molecule has 160 valence electrons. The van der Waals surface area contributed by atoms with Crippen LogP contribution in [0.2, 0.25) is 0 Å². The molecule has 4 rings (SSSR count). The molecule has 0 saturated heterocycles. The van der Waals surface area contributed by atoms with E-state index in [9.17, 15) is 24.9 Å². The van der Waals surface area contributed by atoms with E-state index in [0.29, 0.717) is 18.3 Å². The largest absolute Gasteiger partial charge is 0.872 e. The van der Waals surface area contributed by atoms with Gasteiger partial charge < -0.3 is 25.2 Å². The Balaban J connectivity index is 1.57. The van der Waals surface area contributed by atoms with Crippen molar-refractivity contribution >= 4 is 11.9 Å². The molecular formula is C24H26O6-2. The third-order valence-electron chi connectivity index (χ3n) is 8.03. The molecule has 2 saturated carbocycles. The molecule has 0 aromatic heterocycles. The van der Waals surface area contributed by atoms with Crippen LogP contribution in [-0.2, 0) is 16.0 Å². The molecule has 1 unspecified atom stereocenters. The SMILES string of the molecule is C[C@]12CC[C@@H]3c4ccc([O-])cc4CC[C@H]3[C@@H]1CC[C@@]2(O)C#CCC(C(=O)[O-])C(=O)O. The number of benzene rings is 1. The maximum absolute atomic E-state index is 11.7. The van der Waals surface area contributed by atoms with Gasteiger partial charge in [0.1, 0.15) is 11.5 Å². The highest BCUT2D eigenvalue weighted by Gasteiger charge is 2.61. The van der Waals surface area contributed by atoms with E-state index in [1.165, 1.54) is 5.56 Å². The van der Waals surface area contributed by atoms with Crippen LogP contribution < -0.4 is 10.2 Å². The number of carbonyl (C=O) groups is 2. The van der Waals surface area contributed by atoms with Crippen LogP contribution in [0.4, 0.5) is 0 Å². The predicted octanol–water partition coefficient (Wildman–Crippen LogP) is 1.19. The van der Waals surface area contributed by atoms with Gasteiger partial charge in [-0.05, 0) is 67.4 Å². The Labute approximate surface area is 175 Å². The first-order valence-corrected chi connectivity index (χ1v) is 10.6. The fourth-order valence-corrected chi connectivity index (χ4v) is 6.35. The van der Waals surface area contributed by atoms with E-state index in [-0.39, 0.29) is 18.1 Å². The second-order valence-corrected chi connectivity index (χ2v) is 9.35. The maximum atomic E-state index is 11.7. The molecule has 3 aliphatic rings. The van der Waals surface area contributed by atoms with Crippen molar-refractivity contribution in [2.45, 2.75) is 63.4 Å². The Morgan fingerprint density at radius 2 is 2.03 bits per heavy atom. The first-order valence-electron chi connectivity index (χ1n) is 10.6. The Hall–Kier alpha value is -2.52. The van der Waals surface area contributed by atoms with Crippen molar-refractivity contribution in [1.82, 2.24) is 0 Å². The van der Waals surface area contributed by atoms with Gasteiger partial charge in [0.2, 0.25) is 0 Å². The summed E-state index contributed by atoms with van der Waals surface area (Å²) in [6, 6.07) is 5.37. The number of hydrogen-bond acceptors (Lipinski definition) is 5. The van der Waals surface area contributed by atoms with Crippen molar-refractivity contribution < 1.29 is 30.0 Å². The molecule has 0 bridgehead atoms. The fraction of sp³-hybridized carbons (Fsp3) is 0.583. The van der Waals surface area contributed by atoms with Crippen LogP contribution in [-0.4, -0.2) is 27.8 Å². The molecule has 0 spiro atoms. The smallest absolute Gasteiger partial charge is 0.313 e. The van der Waals surface area contributed by atoms with Gasteiger partial charge in [0, 0.05) is 11.8 Å². The maximum Gasteiger partial charge on any atom is 0.313 e. The molecule has 0 amide bonds. The van der Waals surface area contributed by atoms with Gasteiger partial charge in [-0.25, -0.2) is 0 Å². The zero-order chi connectivity index (χ0) is 21.7. The van der Waals surface area contributed by atoms with Gasteiger partial charge >= 0.3 is 5.97 Å². The van der Waals surface area contributed by atoms with E-state index >= 15 is 0 Å². The van der Waals surface area contributed by atoms with Crippen molar-refractivity contribution in [2.75, 3.05) is 0 Å². The lowest BCUT2D eigenvalue weighted by Crippen LogP contribution is -2.50. The molecule has 30 heavy (non-hydrogen) atoms. The summed E-state index contributed by atoms with van der Waals surface area (Å²) >= 11 is 0. The van der Waals surface area contributed by atoms with Crippen LogP contribution >= 0.6 is 0 Å². The zero-order valence-corrected chi connectivity index (χ0v) is 17.0. The highest BCUT2D eigenvalue weighted by molar-refractivity contribution is 5.92. The van der Waals surface area contributed by atoms with Crippen molar-refractivity contribution in [1.29, 1.82) is 0 Å². The van der Waals surface area contributed by atoms with Gasteiger partial charge in [-0.2, -0.15) is 0 Å². The highest BCUT2D eigenvalue weighted by Crippen LogP contribution is 2.64. The molecule has 2 fully saturated rings. The van der Waals surface area contributed by atoms with Crippen molar-refractivity contribution in [3.8, 4) is 17.6 Å². The van der Waals surface area contributed by atoms with Crippen LogP contribution in [0, 0.1) is 35.0 Å². The third kappa shape index (κ3) is 3.16. The number of carbonyl (C=O) groups excluding carboxylic acids is 1. The Kier molecular flexibility index (Phi) is 5.06. The summed E-state index contributed by atoms with van der Waals surface area (Å²) in [5.41, 5.74) is 0.753. The lowest BCUT2D eigenvalue weighted by atomic mass is 9.53. The lowest BCUT2D eigenvalue weighted by Gasteiger charge is -2.52. The molecule has 2 N–H and O–H groups in total. The average Bonchev–Trinajstić information content (AvgIpc) is 2.95. The van der Waals surface area contributed by atoms with E-state index < -0.39 is 28.9 Å². The molecule has 6 heteroatoms. The van der Waals surface area contributed by atoms with E-state index in [1.54, 1.807) is 12.1 Å². The minimum absolute atomic E-state index is 0.0505. The van der Waals surface area contributed by atoms with Gasteiger partial charge in [-0.3, -0.25) is 4.79 Å². The van der Waals surface area contributed by atoms with Crippen molar-refractivity contribution in [3.63, 3.8) is 0 Å². The van der Waals surface area contributed by atoms with Crippen molar-refractivity contribution in [3.05, 3.63) is 29.3 Å². The summed E-state index contributed by atoms with van der Waals surface area (Å²) in [6.45, 7) is 2.07. The second-order valence-electron chi connectivity index (χ2n) is 9.35. The number of aliphatic hydroxyl groups is 1. The number of rotatable bonds is 3. The van der Waals surface area contributed by atoms with Crippen LogP contribution in [0.1, 0.15) is 62.5 Å². The first-order chi connectivity index (χ1) is 14.2. The van der Waals surface area contributed by atoms with E-state index in [2.05, 4.69) is 18.8 Å². The van der Waals surface area contributed by atoms with Gasteiger partial charge in [0.15, 0.2) is 0 Å². The van der Waals surface area contributed by atoms with Gasteiger partial charge in [0.25, 0.3) is 0 Å². The quantitative estimate of drug-likeness (QED) is 0.570. The van der Waals surface area contributed by atoms with E-state index in [0.717, 1.165) is 37.7 Å². The van der Waals surface area contributed by atoms with Gasteiger partial charge in [-0.15, -0.1) is 5.75 Å². The predicted molar refractivity (Wildman–Crippen MR) is 104 cm³/mol. The first kappa shape index (κ1) is 20.7. The van der Waals surface area contributed by atoms with E-state index in [4.69, 9.17) is 5.11 Å². The Morgan fingerprint density at radius 1 is 1.27 bits per heavy atom. The highest BCUT2D eigenvalue weighted by atomic mass is 16.4. The molecule has 3 aliphatic carbocycles. The molecule has 1 aromatic rings. The minimum atomic E-state index is -1.69. The number of carboxylic acids is 2. The second kappa shape index (κ2) is 7.31. The van der Waals surface area contributed by atoms with E-state index in [1.807, 2.05) is 6.07 Å². The van der Waals surface area contributed by atoms with Crippen molar-refractivity contribution in [2.24, 2.45) is 23.2 Å². The summed E-state index contributed by atoms with van der Waals surface area (Å²) in [7, 11) is 0. The monoisotopic (exact) mass is 410 g/mol.